The molecule has 6 rings (SSSR count). The fraction of sp³-hybridized carbons (Fsp3) is 0.250. The van der Waals surface area contributed by atoms with E-state index in [-0.39, 0.29) is 17.7 Å². The smallest absolute Gasteiger partial charge is 0.497 e. The van der Waals surface area contributed by atoms with E-state index < -0.39 is 46.5 Å². The van der Waals surface area contributed by atoms with Gasteiger partial charge in [-0.05, 0) is 53.9 Å². The molecule has 0 bridgehead atoms. The fourth-order valence-electron chi connectivity index (χ4n) is 6.14. The molecule has 12 heteroatoms. The number of hydrogen-bond donors (Lipinski definition) is 3. The van der Waals surface area contributed by atoms with Crippen LogP contribution in [0.3, 0.4) is 0 Å². The highest BCUT2D eigenvalue weighted by molar-refractivity contribution is 6.07. The van der Waals surface area contributed by atoms with E-state index in [1.165, 1.54) is 13.2 Å². The molecule has 1 spiro atoms. The molecule has 1 saturated heterocycles. The van der Waals surface area contributed by atoms with Crippen LogP contribution in [-0.2, 0) is 16.8 Å². The lowest BCUT2D eigenvalue weighted by molar-refractivity contribution is -0.526. The number of para-hydroxylation sites is 1. The van der Waals surface area contributed by atoms with E-state index in [2.05, 4.69) is 20.4 Å². The van der Waals surface area contributed by atoms with Crippen molar-refractivity contribution in [2.24, 2.45) is 0 Å². The van der Waals surface area contributed by atoms with Gasteiger partial charge in [-0.1, -0.05) is 30.3 Å². The summed E-state index contributed by atoms with van der Waals surface area (Å²) in [4.78, 5) is 29.3. The maximum atomic E-state index is 13.8. The molecular weight excluding hydrogens is 529 g/mol. The first kappa shape index (κ1) is 25.7. The standard InChI is InChI=1S/C28H23F3N4O5/c1-39-17-8-6-15(7-9-17)24-25(35(37)38)23(12-16-14-32-21-5-3-2-4-19(16)21)34-27(24)20-13-18(40-28(29,30)31)10-11-22(20)33-26(27)36/h2-11,13-14,23-25,32,34H,12H2,1H3,(H,33,36)/t23-,24+,25-,27+/m1/s1. The Hall–Kier alpha value is -4.58. The molecule has 0 aliphatic carbocycles. The topological polar surface area (TPSA) is 119 Å². The van der Waals surface area contributed by atoms with Gasteiger partial charge in [0.2, 0.25) is 11.9 Å². The van der Waals surface area contributed by atoms with Crippen LogP contribution in [-0.4, -0.2) is 41.4 Å². The molecule has 206 valence electrons. The van der Waals surface area contributed by atoms with Crippen molar-refractivity contribution in [2.75, 3.05) is 12.4 Å². The third-order valence-corrected chi connectivity index (χ3v) is 7.72. The number of carbonyl (C=O) groups is 1. The minimum atomic E-state index is -4.96. The number of methoxy groups -OCH3 is 1. The van der Waals surface area contributed by atoms with Gasteiger partial charge in [0.05, 0.1) is 19.1 Å². The van der Waals surface area contributed by atoms with Crippen molar-refractivity contribution in [2.45, 2.75) is 36.3 Å². The van der Waals surface area contributed by atoms with Crippen LogP contribution < -0.4 is 20.1 Å². The SMILES string of the molecule is COc1ccc([C@H]2[C@H]([N+](=O)[O-])[C@@H](Cc3c[nH]c4ccccc34)N[C@]23C(=O)Nc2ccc(OC(F)(F)F)cc23)cc1. The molecule has 1 aromatic heterocycles. The molecule has 3 aromatic carbocycles. The van der Waals surface area contributed by atoms with Crippen LogP contribution in [0.5, 0.6) is 11.5 Å². The summed E-state index contributed by atoms with van der Waals surface area (Å²) in [7, 11) is 1.48. The number of ether oxygens (including phenoxy) is 2. The highest BCUT2D eigenvalue weighted by atomic mass is 19.4. The molecule has 9 nitrogen and oxygen atoms in total. The number of nitro groups is 1. The predicted octanol–water partition coefficient (Wildman–Crippen LogP) is 4.87. The number of aromatic nitrogens is 1. The van der Waals surface area contributed by atoms with Crippen molar-refractivity contribution in [1.29, 1.82) is 0 Å². The number of hydrogen-bond acceptors (Lipinski definition) is 6. The van der Waals surface area contributed by atoms with Crippen molar-refractivity contribution in [3.8, 4) is 11.5 Å². The monoisotopic (exact) mass is 552 g/mol. The van der Waals surface area contributed by atoms with E-state index >= 15 is 0 Å². The normalized spacial score (nSPS) is 23.8. The summed E-state index contributed by atoms with van der Waals surface area (Å²) < 4.78 is 48.7. The lowest BCUT2D eigenvalue weighted by atomic mass is 9.74. The number of anilines is 1. The Morgan fingerprint density at radius 1 is 1.05 bits per heavy atom. The number of carbonyl (C=O) groups excluding carboxylic acids is 1. The second kappa shape index (κ2) is 9.26. The average Bonchev–Trinajstić information content (AvgIpc) is 3.56. The lowest BCUT2D eigenvalue weighted by Crippen LogP contribution is -2.49. The molecule has 3 heterocycles. The number of benzene rings is 3. The second-order valence-corrected chi connectivity index (χ2v) is 9.86. The van der Waals surface area contributed by atoms with E-state index in [0.717, 1.165) is 28.6 Å². The molecule has 0 unspecified atom stereocenters. The molecule has 40 heavy (non-hydrogen) atoms. The summed E-state index contributed by atoms with van der Waals surface area (Å²) in [6.45, 7) is 0. The van der Waals surface area contributed by atoms with E-state index in [0.29, 0.717) is 11.3 Å². The highest BCUT2D eigenvalue weighted by Gasteiger charge is 2.66. The summed E-state index contributed by atoms with van der Waals surface area (Å²) >= 11 is 0. The minimum Gasteiger partial charge on any atom is -0.497 e. The maximum Gasteiger partial charge on any atom is 0.573 e. The molecular formula is C28H23F3N4O5. The lowest BCUT2D eigenvalue weighted by Gasteiger charge is -2.30. The largest absolute Gasteiger partial charge is 0.573 e. The Balaban J connectivity index is 1.52. The van der Waals surface area contributed by atoms with Crippen LogP contribution >= 0.6 is 0 Å². The van der Waals surface area contributed by atoms with E-state index in [4.69, 9.17) is 4.74 Å². The number of aromatic amines is 1. The van der Waals surface area contributed by atoms with Gasteiger partial charge in [0.1, 0.15) is 17.0 Å². The quantitative estimate of drug-likeness (QED) is 0.232. The van der Waals surface area contributed by atoms with Crippen molar-refractivity contribution in [3.63, 3.8) is 0 Å². The molecule has 2 aliphatic heterocycles. The number of halogens is 3. The Morgan fingerprint density at radius 2 is 1.77 bits per heavy atom. The first-order valence-corrected chi connectivity index (χ1v) is 12.4. The summed E-state index contributed by atoms with van der Waals surface area (Å²) in [5.41, 5.74) is 0.768. The average molecular weight is 553 g/mol. The molecule has 4 atom stereocenters. The maximum absolute atomic E-state index is 13.8. The van der Waals surface area contributed by atoms with Crippen molar-refractivity contribution >= 4 is 22.5 Å². The second-order valence-electron chi connectivity index (χ2n) is 9.86. The summed E-state index contributed by atoms with van der Waals surface area (Å²) in [6.07, 6.45) is -3.00. The molecule has 3 N–H and O–H groups in total. The molecule has 0 saturated carbocycles. The third kappa shape index (κ3) is 4.11. The van der Waals surface area contributed by atoms with Gasteiger partial charge in [0.15, 0.2) is 0 Å². The highest BCUT2D eigenvalue weighted by Crippen LogP contribution is 2.53. The number of H-pyrrole nitrogens is 1. The summed E-state index contributed by atoms with van der Waals surface area (Å²) in [5.74, 6) is -1.70. The summed E-state index contributed by atoms with van der Waals surface area (Å²) in [5, 5.41) is 19.6. The molecule has 1 fully saturated rings. The van der Waals surface area contributed by atoms with Gasteiger partial charge in [-0.2, -0.15) is 0 Å². The zero-order valence-electron chi connectivity index (χ0n) is 21.0. The summed E-state index contributed by atoms with van der Waals surface area (Å²) in [6, 6.07) is 15.4. The van der Waals surface area contributed by atoms with Crippen LogP contribution in [0, 0.1) is 10.1 Å². The van der Waals surface area contributed by atoms with Crippen LogP contribution in [0.25, 0.3) is 10.9 Å². The number of alkyl halides is 3. The number of fused-ring (bicyclic) bond motifs is 3. The number of nitrogens with one attached hydrogen (secondary N) is 3. The van der Waals surface area contributed by atoms with Crippen molar-refractivity contribution in [3.05, 3.63) is 99.7 Å². The van der Waals surface area contributed by atoms with Gasteiger partial charge in [0, 0.05) is 33.3 Å². The zero-order chi connectivity index (χ0) is 28.2. The first-order chi connectivity index (χ1) is 19.1. The zero-order valence-corrected chi connectivity index (χ0v) is 21.0. The Kier molecular flexibility index (Phi) is 5.95. The van der Waals surface area contributed by atoms with Gasteiger partial charge in [-0.25, -0.2) is 0 Å². The van der Waals surface area contributed by atoms with Crippen LogP contribution in [0.15, 0.2) is 72.9 Å². The van der Waals surface area contributed by atoms with Crippen LogP contribution in [0.2, 0.25) is 0 Å². The molecule has 4 aromatic rings. The Morgan fingerprint density at radius 3 is 2.48 bits per heavy atom. The number of rotatable bonds is 6. The third-order valence-electron chi connectivity index (χ3n) is 7.72. The number of nitrogens with zero attached hydrogens (tertiary/aromatic N) is 1. The van der Waals surface area contributed by atoms with Gasteiger partial charge in [-0.15, -0.1) is 13.2 Å². The van der Waals surface area contributed by atoms with E-state index in [9.17, 15) is 28.1 Å². The van der Waals surface area contributed by atoms with Crippen LogP contribution in [0.4, 0.5) is 18.9 Å². The Bertz CT molecular complexity index is 1620. The van der Waals surface area contributed by atoms with E-state index in [1.54, 1.807) is 30.5 Å². The Labute approximate surface area is 225 Å². The van der Waals surface area contributed by atoms with Crippen LogP contribution in [0.1, 0.15) is 22.6 Å². The fourth-order valence-corrected chi connectivity index (χ4v) is 6.14. The first-order valence-electron chi connectivity index (χ1n) is 12.4. The molecule has 1 amide bonds. The van der Waals surface area contributed by atoms with Gasteiger partial charge >= 0.3 is 6.36 Å². The van der Waals surface area contributed by atoms with Crippen molar-refractivity contribution < 1.29 is 32.4 Å². The number of amides is 1. The molecule has 2 aliphatic rings. The van der Waals surface area contributed by atoms with Gasteiger partial charge in [0.25, 0.3) is 0 Å². The minimum absolute atomic E-state index is 0.147. The van der Waals surface area contributed by atoms with Gasteiger partial charge in [-0.3, -0.25) is 20.2 Å². The molecule has 0 radical (unpaired) electrons. The predicted molar refractivity (Wildman–Crippen MR) is 139 cm³/mol. The van der Waals surface area contributed by atoms with Gasteiger partial charge < -0.3 is 19.8 Å². The van der Waals surface area contributed by atoms with Crippen molar-refractivity contribution in [1.82, 2.24) is 10.3 Å². The van der Waals surface area contributed by atoms with E-state index in [1.807, 2.05) is 24.3 Å².